The van der Waals surface area contributed by atoms with E-state index in [0.29, 0.717) is 11.3 Å². The first-order valence-corrected chi connectivity index (χ1v) is 13.5. The number of hydrogen-bond donors (Lipinski definition) is 3. The van der Waals surface area contributed by atoms with Crippen LogP contribution in [0.2, 0.25) is 0 Å². The summed E-state index contributed by atoms with van der Waals surface area (Å²) in [6.07, 6.45) is 0.810. The average Bonchev–Trinajstić information content (AvgIpc) is 3.36. The van der Waals surface area contributed by atoms with Crippen LogP contribution in [0.3, 0.4) is 0 Å². The molecule has 0 saturated heterocycles. The number of nitrogens with one attached hydrogen (secondary N) is 1. The first-order valence-electron chi connectivity index (χ1n) is 12.8. The van der Waals surface area contributed by atoms with Crippen molar-refractivity contribution in [1.29, 1.82) is 0 Å². The molecule has 4 rings (SSSR count). The Kier molecular flexibility index (Phi) is 8.80. The third-order valence-corrected chi connectivity index (χ3v) is 7.39. The zero-order valence-corrected chi connectivity index (χ0v) is 23.4. The van der Waals surface area contributed by atoms with Gasteiger partial charge in [-0.15, -0.1) is 0 Å². The van der Waals surface area contributed by atoms with E-state index < -0.39 is 17.9 Å². The van der Waals surface area contributed by atoms with Gasteiger partial charge in [-0.25, -0.2) is 0 Å². The molecule has 1 aromatic heterocycles. The highest BCUT2D eigenvalue weighted by Crippen LogP contribution is 2.34. The lowest BCUT2D eigenvalue weighted by Gasteiger charge is -2.31. The van der Waals surface area contributed by atoms with Gasteiger partial charge in [-0.2, -0.15) is 4.37 Å². The fraction of sp³-hybridized carbons (Fsp3) is 0.200. The second-order valence-electron chi connectivity index (χ2n) is 9.43. The van der Waals surface area contributed by atoms with Crippen LogP contribution >= 0.6 is 11.5 Å². The van der Waals surface area contributed by atoms with E-state index in [-0.39, 0.29) is 28.7 Å². The van der Waals surface area contributed by atoms with Crippen molar-refractivity contribution in [3.8, 4) is 0 Å². The van der Waals surface area contributed by atoms with E-state index in [9.17, 15) is 14.4 Å². The molecule has 4 aromatic rings. The number of nitrogen functional groups attached to an aromatic ring is 1. The van der Waals surface area contributed by atoms with Gasteiger partial charge < -0.3 is 21.7 Å². The van der Waals surface area contributed by atoms with Gasteiger partial charge in [-0.1, -0.05) is 61.5 Å². The van der Waals surface area contributed by atoms with Crippen LogP contribution in [0.4, 0.5) is 17.1 Å². The number of anilines is 3. The number of aromatic nitrogens is 1. The molecule has 9 nitrogen and oxygen atoms in total. The predicted octanol–water partition coefficient (Wildman–Crippen LogP) is 4.16. The van der Waals surface area contributed by atoms with E-state index in [1.54, 1.807) is 12.1 Å². The second kappa shape index (κ2) is 12.4. The second-order valence-corrected chi connectivity index (χ2v) is 10.2. The van der Waals surface area contributed by atoms with E-state index in [1.165, 1.54) is 4.90 Å². The summed E-state index contributed by atoms with van der Waals surface area (Å²) in [5.41, 5.74) is 15.3. The van der Waals surface area contributed by atoms with Gasteiger partial charge in [0.25, 0.3) is 11.8 Å². The van der Waals surface area contributed by atoms with E-state index in [1.807, 2.05) is 92.6 Å². The summed E-state index contributed by atoms with van der Waals surface area (Å²) in [5, 5.41) is 2.99. The largest absolute Gasteiger partial charge is 0.395 e. The highest BCUT2D eigenvalue weighted by molar-refractivity contribution is 7.09. The molecule has 3 aromatic carbocycles. The van der Waals surface area contributed by atoms with Gasteiger partial charge in [-0.05, 0) is 58.9 Å². The van der Waals surface area contributed by atoms with Crippen LogP contribution in [0.5, 0.6) is 0 Å². The molecule has 1 atom stereocenters. The maximum Gasteiger partial charge on any atom is 0.273 e. The van der Waals surface area contributed by atoms with Crippen LogP contribution in [0.1, 0.15) is 49.8 Å². The summed E-state index contributed by atoms with van der Waals surface area (Å²) in [7, 11) is 3.85. The highest BCUT2D eigenvalue weighted by Gasteiger charge is 2.36. The zero-order chi connectivity index (χ0) is 28.8. The number of rotatable bonds is 10. The molecule has 0 aliphatic heterocycles. The van der Waals surface area contributed by atoms with Crippen molar-refractivity contribution in [3.63, 3.8) is 0 Å². The van der Waals surface area contributed by atoms with Crippen molar-refractivity contribution < 1.29 is 14.4 Å². The number of amides is 3. The van der Waals surface area contributed by atoms with E-state index >= 15 is 0 Å². The smallest absolute Gasteiger partial charge is 0.273 e. The van der Waals surface area contributed by atoms with Crippen LogP contribution in [0.25, 0.3) is 0 Å². The van der Waals surface area contributed by atoms with E-state index in [2.05, 4.69) is 9.69 Å². The summed E-state index contributed by atoms with van der Waals surface area (Å²) in [5.74, 6) is -1.78. The Hall–Kier alpha value is -4.70. The quantitative estimate of drug-likeness (QED) is 0.269. The summed E-state index contributed by atoms with van der Waals surface area (Å²) >= 11 is 0.779. The molecule has 0 bridgehead atoms. The van der Waals surface area contributed by atoms with Crippen molar-refractivity contribution >= 4 is 46.3 Å². The van der Waals surface area contributed by atoms with Crippen LogP contribution in [-0.4, -0.2) is 36.2 Å². The monoisotopic (exact) mass is 556 g/mol. The van der Waals surface area contributed by atoms with Gasteiger partial charge in [0.05, 0.1) is 5.69 Å². The number of hydrogen-bond acceptors (Lipinski definition) is 7. The third kappa shape index (κ3) is 6.13. The fourth-order valence-electron chi connectivity index (χ4n) is 4.27. The molecule has 5 N–H and O–H groups in total. The number of carbonyl (C=O) groups excluding carboxylic acids is 3. The first kappa shape index (κ1) is 28.3. The van der Waals surface area contributed by atoms with Crippen molar-refractivity contribution in [1.82, 2.24) is 9.69 Å². The topological polar surface area (TPSA) is 135 Å². The zero-order valence-electron chi connectivity index (χ0n) is 22.6. The molecular weight excluding hydrogens is 524 g/mol. The molecule has 206 valence electrons. The number of benzene rings is 3. The maximum atomic E-state index is 14.2. The predicted molar refractivity (Wildman–Crippen MR) is 159 cm³/mol. The Morgan fingerprint density at radius 3 is 2.08 bits per heavy atom. The number of primary amides is 1. The van der Waals surface area contributed by atoms with Gasteiger partial charge in [0, 0.05) is 32.0 Å². The Labute approximate surface area is 237 Å². The molecule has 40 heavy (non-hydrogen) atoms. The molecule has 0 radical (unpaired) electrons. The van der Waals surface area contributed by atoms with Crippen LogP contribution in [0.15, 0.2) is 78.9 Å². The van der Waals surface area contributed by atoms with Gasteiger partial charge >= 0.3 is 0 Å². The number of carbonyl (C=O) groups is 3. The minimum Gasteiger partial charge on any atom is -0.395 e. The van der Waals surface area contributed by atoms with Crippen molar-refractivity contribution in [2.24, 2.45) is 5.73 Å². The van der Waals surface area contributed by atoms with Crippen LogP contribution < -0.4 is 26.6 Å². The minimum atomic E-state index is -1.06. The molecule has 10 heteroatoms. The molecule has 1 heterocycles. The molecule has 0 fully saturated rings. The molecule has 0 aliphatic rings. The average molecular weight is 557 g/mol. The van der Waals surface area contributed by atoms with Crippen LogP contribution in [0, 0.1) is 0 Å². The van der Waals surface area contributed by atoms with Crippen LogP contribution in [-0.2, 0) is 17.8 Å². The Morgan fingerprint density at radius 1 is 0.900 bits per heavy atom. The van der Waals surface area contributed by atoms with Crippen molar-refractivity contribution in [2.75, 3.05) is 29.6 Å². The Morgan fingerprint density at radius 2 is 1.52 bits per heavy atom. The van der Waals surface area contributed by atoms with Gasteiger partial charge in [0.15, 0.2) is 5.69 Å². The van der Waals surface area contributed by atoms with E-state index in [4.69, 9.17) is 11.5 Å². The lowest BCUT2D eigenvalue weighted by Crippen LogP contribution is -2.44. The molecule has 1 unspecified atom stereocenters. The molecule has 0 saturated carbocycles. The highest BCUT2D eigenvalue weighted by atomic mass is 32.1. The van der Waals surface area contributed by atoms with Gasteiger partial charge in [0.2, 0.25) is 5.91 Å². The normalized spacial score (nSPS) is 11.5. The molecular formula is C30H32N6O3S. The summed E-state index contributed by atoms with van der Waals surface area (Å²) in [6, 6.07) is 23.3. The third-order valence-electron chi connectivity index (χ3n) is 6.54. The summed E-state index contributed by atoms with van der Waals surface area (Å²) in [6.45, 7) is 2.31. The summed E-state index contributed by atoms with van der Waals surface area (Å²) < 4.78 is 4.01. The SMILES string of the molecule is CCc1ccc(N(C(=O)c2snc(C(N)=O)c2N)C(C(=O)NCc2ccccc2)c2ccc(N(C)C)cc2)cc1. The van der Waals surface area contributed by atoms with E-state index in [0.717, 1.165) is 34.8 Å². The maximum absolute atomic E-state index is 14.2. The molecule has 3 amide bonds. The Bertz CT molecular complexity index is 1480. The lowest BCUT2D eigenvalue weighted by molar-refractivity contribution is -0.122. The molecule has 0 spiro atoms. The molecule has 0 aliphatic carbocycles. The standard InChI is InChI=1S/C30H32N6O3S/c1-4-19-10-14-23(15-11-19)36(30(39)27-24(31)25(28(32)37)34-40-27)26(21-12-16-22(17-13-21)35(2)3)29(38)33-18-20-8-6-5-7-9-20/h5-17,26H,4,18,31H2,1-3H3,(H2,32,37)(H,33,38). The first-order chi connectivity index (χ1) is 19.2. The number of nitrogens with zero attached hydrogens (tertiary/aromatic N) is 3. The minimum absolute atomic E-state index is 0.0270. The van der Waals surface area contributed by atoms with Crippen molar-refractivity contribution in [3.05, 3.63) is 106 Å². The number of nitrogens with two attached hydrogens (primary N) is 2. The van der Waals surface area contributed by atoms with Gasteiger partial charge in [0.1, 0.15) is 10.9 Å². The fourth-order valence-corrected chi connectivity index (χ4v) is 5.01. The Balaban J connectivity index is 1.84. The number of aryl methyl sites for hydroxylation is 1. The lowest BCUT2D eigenvalue weighted by atomic mass is 10.0. The van der Waals surface area contributed by atoms with Crippen molar-refractivity contribution in [2.45, 2.75) is 25.9 Å². The van der Waals surface area contributed by atoms with Gasteiger partial charge in [-0.3, -0.25) is 19.3 Å². The summed E-state index contributed by atoms with van der Waals surface area (Å²) in [4.78, 5) is 43.4.